The van der Waals surface area contributed by atoms with Crippen LogP contribution in [0.5, 0.6) is 5.75 Å². The topological polar surface area (TPSA) is 229 Å². The maximum Gasteiger partial charge on any atom is 0.477 e. The van der Waals surface area contributed by atoms with Crippen LogP contribution in [0.25, 0.3) is 0 Å². The number of hydrogen-bond donors (Lipinski definition) is 1. The summed E-state index contributed by atoms with van der Waals surface area (Å²) in [5, 5.41) is 6.71. The van der Waals surface area contributed by atoms with Crippen LogP contribution in [0, 0.1) is 34.8 Å². The van der Waals surface area contributed by atoms with E-state index in [1.807, 2.05) is 48.5 Å². The molecule has 1 spiro atoms. The van der Waals surface area contributed by atoms with Gasteiger partial charge in [-0.1, -0.05) is 66.6 Å². The van der Waals surface area contributed by atoms with Crippen molar-refractivity contribution in [2.24, 2.45) is 28.3 Å². The van der Waals surface area contributed by atoms with Crippen LogP contribution in [-0.4, -0.2) is 115 Å². The Bertz CT molecular complexity index is 2380. The Labute approximate surface area is 406 Å². The van der Waals surface area contributed by atoms with Crippen molar-refractivity contribution in [2.45, 2.75) is 119 Å². The SMILES string of the molecule is CC1=NO[C@@]2(CC[C@H](C)N3C[C@H]2n2cc(C(=O)NCc4ccc(F)cc4F)c(=O)c(OCOC(=O)CC(C)(C)CN(CC(=O)OCC(C)C)C(=O)OCOP(=O)(OCC(C)C)OCC(C)C)c2C3=O)C1. The quantitative estimate of drug-likeness (QED) is 0.0505. The van der Waals surface area contributed by atoms with Crippen LogP contribution in [0.1, 0.15) is 127 Å². The molecule has 4 heterocycles. The number of carbonyl (C=O) groups excluding carboxylic acids is 5. The minimum Gasteiger partial charge on any atom is -0.464 e. The fourth-order valence-electron chi connectivity index (χ4n) is 7.98. The van der Waals surface area contributed by atoms with Crippen molar-refractivity contribution in [3.05, 3.63) is 63.1 Å². The van der Waals surface area contributed by atoms with Crippen molar-refractivity contribution in [2.75, 3.05) is 53.0 Å². The maximum absolute atomic E-state index is 14.5. The first-order valence-electron chi connectivity index (χ1n) is 23.3. The Morgan fingerprint density at radius 1 is 0.957 bits per heavy atom. The van der Waals surface area contributed by atoms with E-state index in [2.05, 4.69) is 10.5 Å². The summed E-state index contributed by atoms with van der Waals surface area (Å²) in [7, 11) is -4.17. The number of oxime groups is 1. The summed E-state index contributed by atoms with van der Waals surface area (Å²) in [6, 6.07) is 1.84. The van der Waals surface area contributed by atoms with Gasteiger partial charge in [-0.3, -0.25) is 37.9 Å². The van der Waals surface area contributed by atoms with E-state index in [1.165, 1.54) is 10.8 Å². The highest BCUT2D eigenvalue weighted by atomic mass is 31.2. The summed E-state index contributed by atoms with van der Waals surface area (Å²) in [5.74, 6) is -5.63. The Morgan fingerprint density at radius 3 is 2.24 bits per heavy atom. The van der Waals surface area contributed by atoms with Crippen LogP contribution in [0.2, 0.25) is 0 Å². The van der Waals surface area contributed by atoms with Gasteiger partial charge in [0.15, 0.2) is 11.3 Å². The predicted molar refractivity (Wildman–Crippen MR) is 248 cm³/mol. The Morgan fingerprint density at radius 2 is 1.63 bits per heavy atom. The summed E-state index contributed by atoms with van der Waals surface area (Å²) in [4.78, 5) is 91.0. The molecule has 3 aliphatic heterocycles. The molecule has 3 aliphatic rings. The van der Waals surface area contributed by atoms with Gasteiger partial charge in [0.1, 0.15) is 23.7 Å². The molecule has 1 aromatic carbocycles. The molecule has 2 bridgehead atoms. The number of pyridine rings is 1. The molecule has 70 heavy (non-hydrogen) atoms. The third-order valence-electron chi connectivity index (χ3n) is 11.5. The van der Waals surface area contributed by atoms with Crippen molar-refractivity contribution in [1.29, 1.82) is 0 Å². The second kappa shape index (κ2) is 23.6. The van der Waals surface area contributed by atoms with Gasteiger partial charge in [0.05, 0.1) is 38.0 Å². The zero-order valence-corrected chi connectivity index (χ0v) is 42.4. The van der Waals surface area contributed by atoms with E-state index in [9.17, 15) is 42.1 Å². The van der Waals surface area contributed by atoms with Crippen molar-refractivity contribution < 1.29 is 74.7 Å². The lowest BCUT2D eigenvalue weighted by atomic mass is 9.84. The van der Waals surface area contributed by atoms with Crippen LogP contribution in [0.4, 0.5) is 13.6 Å². The fourth-order valence-corrected chi connectivity index (χ4v) is 9.35. The number of ether oxygens (including phenoxy) is 4. The second-order valence-electron chi connectivity index (χ2n) is 19.9. The molecule has 1 fully saturated rings. The zero-order valence-electron chi connectivity index (χ0n) is 41.5. The van der Waals surface area contributed by atoms with Crippen molar-refractivity contribution in [1.82, 2.24) is 19.7 Å². The van der Waals surface area contributed by atoms with Crippen molar-refractivity contribution in [3.63, 3.8) is 0 Å². The molecule has 20 nitrogen and oxygen atoms in total. The molecule has 3 amide bonds. The molecule has 0 saturated carbocycles. The first-order valence-corrected chi connectivity index (χ1v) is 24.7. The Balaban J connectivity index is 1.35. The molecule has 1 saturated heterocycles. The molecule has 23 heteroatoms. The minimum atomic E-state index is -4.17. The van der Waals surface area contributed by atoms with Crippen LogP contribution in [-0.2, 0) is 53.3 Å². The van der Waals surface area contributed by atoms with Gasteiger partial charge in [0, 0.05) is 49.9 Å². The molecule has 1 N–H and O–H groups in total. The number of aromatic nitrogens is 1. The lowest BCUT2D eigenvalue weighted by Crippen LogP contribution is -2.52. The first-order chi connectivity index (χ1) is 32.8. The van der Waals surface area contributed by atoms with Gasteiger partial charge in [-0.25, -0.2) is 22.7 Å². The van der Waals surface area contributed by atoms with E-state index in [4.69, 9.17) is 37.4 Å². The van der Waals surface area contributed by atoms with Crippen LogP contribution >= 0.6 is 7.82 Å². The van der Waals surface area contributed by atoms with E-state index < -0.39 is 116 Å². The van der Waals surface area contributed by atoms with Gasteiger partial charge in [0.2, 0.25) is 24.8 Å². The molecular formula is C47H66F2N5O15P. The second-order valence-corrected chi connectivity index (χ2v) is 21.6. The highest BCUT2D eigenvalue weighted by molar-refractivity contribution is 7.48. The first kappa shape index (κ1) is 55.5. The average Bonchev–Trinajstić information content (AvgIpc) is 3.61. The Kier molecular flexibility index (Phi) is 18.7. The van der Waals surface area contributed by atoms with Crippen molar-refractivity contribution >= 4 is 43.4 Å². The number of benzene rings is 1. The van der Waals surface area contributed by atoms with Crippen LogP contribution in [0.3, 0.4) is 0 Å². The van der Waals surface area contributed by atoms with Crippen LogP contribution in [0.15, 0.2) is 34.3 Å². The standard InChI is InChI=1S/C47H66F2N5O15P/c1-28(2)22-62-39(56)21-52(45(60)65-27-68-70(61,66-23-29(3)4)67-24-30(5)6)25-46(9,10)17-38(55)63-26-64-42-40-44(59)53-20-37(47(14-13-32(53)8)16-31(7)51-69-47)54(40)19-35(41(42)57)43(58)50-18-33-11-12-34(48)15-36(33)49/h11-12,15,19,28-30,32,37H,13-14,16-18,20-27H2,1-10H3,(H,50,58)/t32-,37+,47-/m0/s1. The Hall–Kier alpha value is -5.44. The summed E-state index contributed by atoms with van der Waals surface area (Å²) in [6.07, 6.45) is 1.13. The number of esters is 2. The number of nitrogens with one attached hydrogen (secondary N) is 1. The van der Waals surface area contributed by atoms with Gasteiger partial charge < -0.3 is 38.6 Å². The molecule has 5 rings (SSSR count). The fraction of sp³-hybridized carbons (Fsp3) is 0.638. The van der Waals surface area contributed by atoms with Gasteiger partial charge >= 0.3 is 25.9 Å². The summed E-state index contributed by atoms with van der Waals surface area (Å²) >= 11 is 0. The average molecular weight is 1010 g/mol. The van der Waals surface area contributed by atoms with Gasteiger partial charge in [-0.15, -0.1) is 0 Å². The van der Waals surface area contributed by atoms with Gasteiger partial charge in [-0.2, -0.15) is 0 Å². The van der Waals surface area contributed by atoms with Gasteiger partial charge in [-0.05, 0) is 55.9 Å². The lowest BCUT2D eigenvalue weighted by Gasteiger charge is -2.42. The van der Waals surface area contributed by atoms with E-state index in [0.29, 0.717) is 31.0 Å². The smallest absolute Gasteiger partial charge is 0.464 e. The molecule has 0 unspecified atom stereocenters. The molecule has 388 valence electrons. The highest BCUT2D eigenvalue weighted by Gasteiger charge is 2.54. The summed E-state index contributed by atoms with van der Waals surface area (Å²) in [6.45, 7) is 15.0. The maximum atomic E-state index is 14.5. The molecule has 0 aliphatic carbocycles. The van der Waals surface area contributed by atoms with Crippen LogP contribution < -0.4 is 15.5 Å². The molecule has 1 aromatic heterocycles. The third kappa shape index (κ3) is 14.6. The van der Waals surface area contributed by atoms with E-state index in [-0.39, 0.29) is 68.0 Å². The monoisotopic (exact) mass is 1010 g/mol. The predicted octanol–water partition coefficient (Wildman–Crippen LogP) is 7.13. The largest absolute Gasteiger partial charge is 0.477 e. The zero-order chi connectivity index (χ0) is 51.7. The molecular weight excluding hydrogens is 944 g/mol. The normalized spacial score (nSPS) is 18.9. The summed E-state index contributed by atoms with van der Waals surface area (Å²) < 4.78 is 81.0. The number of phosphoric ester groups is 1. The molecule has 2 aromatic rings. The molecule has 0 radical (unpaired) electrons. The minimum absolute atomic E-state index is 0.0164. The third-order valence-corrected chi connectivity index (χ3v) is 12.8. The highest BCUT2D eigenvalue weighted by Crippen LogP contribution is 2.50. The van der Waals surface area contributed by atoms with E-state index in [1.54, 1.807) is 25.7 Å². The van der Waals surface area contributed by atoms with E-state index in [0.717, 1.165) is 17.0 Å². The number of amides is 3. The summed E-state index contributed by atoms with van der Waals surface area (Å²) in [5.41, 5.74) is -3.22. The number of halogens is 2. The number of phosphoric acid groups is 1. The van der Waals surface area contributed by atoms with Crippen molar-refractivity contribution in [3.8, 4) is 5.75 Å². The number of carbonyl (C=O) groups is 5. The molecule has 3 atom stereocenters. The van der Waals surface area contributed by atoms with E-state index >= 15 is 0 Å². The van der Waals surface area contributed by atoms with Gasteiger partial charge in [0.25, 0.3) is 11.8 Å². The lowest BCUT2D eigenvalue weighted by molar-refractivity contribution is -0.153. The number of fused-ring (bicyclic) bond motifs is 5. The number of nitrogens with zero attached hydrogens (tertiary/aromatic N) is 4. The number of rotatable bonds is 23. The number of hydrogen-bond acceptors (Lipinski definition) is 16.